The van der Waals surface area contributed by atoms with E-state index in [1.807, 2.05) is 16.6 Å². The Bertz CT molecular complexity index is 1200. The number of halogens is 1. The summed E-state index contributed by atoms with van der Waals surface area (Å²) in [5.74, 6) is 0.389. The van der Waals surface area contributed by atoms with Crippen molar-refractivity contribution in [3.05, 3.63) is 70.5 Å². The fraction of sp³-hybridized carbons (Fsp3) is 0.190. The summed E-state index contributed by atoms with van der Waals surface area (Å²) < 4.78 is 14.9. The third-order valence-electron chi connectivity index (χ3n) is 5.01. The molecule has 0 saturated carbocycles. The van der Waals surface area contributed by atoms with E-state index in [0.29, 0.717) is 25.2 Å². The van der Waals surface area contributed by atoms with Gasteiger partial charge in [0.05, 0.1) is 12.2 Å². The minimum Gasteiger partial charge on any atom is -0.319 e. The van der Waals surface area contributed by atoms with Crippen molar-refractivity contribution in [3.8, 4) is 11.4 Å². The van der Waals surface area contributed by atoms with Crippen LogP contribution in [0.5, 0.6) is 0 Å². The highest BCUT2D eigenvalue weighted by atomic mass is 32.1. The first-order valence-corrected chi connectivity index (χ1v) is 10.1. The molecule has 0 radical (unpaired) electrons. The first-order chi connectivity index (χ1) is 14.1. The van der Waals surface area contributed by atoms with E-state index >= 15 is 0 Å². The molecule has 0 fully saturated rings. The molecule has 0 unspecified atom stereocenters. The van der Waals surface area contributed by atoms with Crippen molar-refractivity contribution in [3.63, 3.8) is 0 Å². The van der Waals surface area contributed by atoms with Crippen molar-refractivity contribution in [2.45, 2.75) is 19.9 Å². The molecule has 2 amide bonds. The molecule has 1 aliphatic heterocycles. The number of hydrogen-bond acceptors (Lipinski definition) is 4. The molecule has 2 aromatic heterocycles. The van der Waals surface area contributed by atoms with E-state index in [-0.39, 0.29) is 11.8 Å². The van der Waals surface area contributed by atoms with Crippen LogP contribution < -0.4 is 5.32 Å². The van der Waals surface area contributed by atoms with Gasteiger partial charge in [0.1, 0.15) is 5.82 Å². The third-order valence-corrected chi connectivity index (χ3v) is 6.07. The highest BCUT2D eigenvalue weighted by Crippen LogP contribution is 2.30. The molecule has 0 spiro atoms. The Hall–Kier alpha value is -3.26. The van der Waals surface area contributed by atoms with E-state index in [1.165, 1.54) is 17.7 Å². The van der Waals surface area contributed by atoms with Gasteiger partial charge in [-0.05, 0) is 31.2 Å². The smallest absolute Gasteiger partial charge is 0.319 e. The lowest BCUT2D eigenvalue weighted by molar-refractivity contribution is 0.206. The molecule has 0 aliphatic carbocycles. The third kappa shape index (κ3) is 3.36. The molecule has 6 nitrogen and oxygen atoms in total. The summed E-state index contributed by atoms with van der Waals surface area (Å²) in [6, 6.07) is 13.7. The molecule has 0 saturated heterocycles. The highest BCUT2D eigenvalue weighted by Gasteiger charge is 2.26. The fourth-order valence-corrected chi connectivity index (χ4v) is 4.54. The number of aromatic nitrogens is 3. The summed E-state index contributed by atoms with van der Waals surface area (Å²) in [5, 5.41) is 7.51. The number of amides is 2. The van der Waals surface area contributed by atoms with Gasteiger partial charge in [-0.1, -0.05) is 41.2 Å². The van der Waals surface area contributed by atoms with Gasteiger partial charge in [-0.25, -0.2) is 13.7 Å². The molecule has 29 heavy (non-hydrogen) atoms. The number of nitrogens with one attached hydrogen (secondary N) is 1. The van der Waals surface area contributed by atoms with Crippen LogP contribution in [-0.2, 0) is 13.0 Å². The molecule has 2 aromatic carbocycles. The van der Waals surface area contributed by atoms with Crippen LogP contribution in [-0.4, -0.2) is 32.1 Å². The molecular formula is C21H18FN5OS. The minimum absolute atomic E-state index is 0.193. The van der Waals surface area contributed by atoms with E-state index in [0.717, 1.165) is 26.9 Å². The molecule has 146 valence electrons. The van der Waals surface area contributed by atoms with Crippen LogP contribution >= 0.6 is 11.3 Å². The molecule has 1 N–H and O–H groups in total. The monoisotopic (exact) mass is 407 g/mol. The van der Waals surface area contributed by atoms with Gasteiger partial charge in [-0.3, -0.25) is 0 Å². The van der Waals surface area contributed by atoms with Crippen LogP contribution in [0.4, 0.5) is 14.9 Å². The van der Waals surface area contributed by atoms with E-state index in [2.05, 4.69) is 29.4 Å². The van der Waals surface area contributed by atoms with Gasteiger partial charge in [0.15, 0.2) is 5.82 Å². The van der Waals surface area contributed by atoms with Crippen LogP contribution in [0.25, 0.3) is 16.3 Å². The normalized spacial score (nSPS) is 13.5. The number of anilines is 1. The van der Waals surface area contributed by atoms with E-state index in [4.69, 9.17) is 5.10 Å². The quantitative estimate of drug-likeness (QED) is 0.532. The van der Waals surface area contributed by atoms with Crippen LogP contribution in [0.1, 0.15) is 16.1 Å². The van der Waals surface area contributed by atoms with Crippen molar-refractivity contribution in [1.29, 1.82) is 0 Å². The maximum Gasteiger partial charge on any atom is 0.322 e. The van der Waals surface area contributed by atoms with Crippen molar-refractivity contribution >= 4 is 28.0 Å². The predicted molar refractivity (Wildman–Crippen MR) is 111 cm³/mol. The number of carbonyl (C=O) groups is 1. The second-order valence-electron chi connectivity index (χ2n) is 7.08. The van der Waals surface area contributed by atoms with Crippen molar-refractivity contribution in [2.75, 3.05) is 11.9 Å². The second kappa shape index (κ2) is 6.97. The van der Waals surface area contributed by atoms with E-state index in [1.54, 1.807) is 28.4 Å². The number of nitrogens with zero attached hydrogens (tertiary/aromatic N) is 4. The Morgan fingerprint density at radius 1 is 1.14 bits per heavy atom. The average molecular weight is 407 g/mol. The molecule has 1 aliphatic rings. The lowest BCUT2D eigenvalue weighted by Gasteiger charge is -2.26. The van der Waals surface area contributed by atoms with Crippen LogP contribution in [0.15, 0.2) is 48.5 Å². The molecular weight excluding hydrogens is 389 g/mol. The number of urea groups is 1. The maximum atomic E-state index is 13.0. The number of hydrogen-bond donors (Lipinski definition) is 1. The zero-order valence-corrected chi connectivity index (χ0v) is 16.5. The zero-order valence-electron chi connectivity index (χ0n) is 15.7. The lowest BCUT2D eigenvalue weighted by Crippen LogP contribution is -2.38. The first-order valence-electron chi connectivity index (χ1n) is 9.33. The summed E-state index contributed by atoms with van der Waals surface area (Å²) in [5.41, 5.74) is 3.89. The highest BCUT2D eigenvalue weighted by molar-refractivity contribution is 7.17. The zero-order chi connectivity index (χ0) is 20.0. The van der Waals surface area contributed by atoms with Crippen molar-refractivity contribution in [1.82, 2.24) is 19.5 Å². The number of benzene rings is 2. The van der Waals surface area contributed by atoms with Gasteiger partial charge in [-0.15, -0.1) is 5.10 Å². The largest absolute Gasteiger partial charge is 0.322 e. The Morgan fingerprint density at radius 3 is 2.66 bits per heavy atom. The summed E-state index contributed by atoms with van der Waals surface area (Å²) in [6.07, 6.45) is 0.711. The lowest BCUT2D eigenvalue weighted by atomic mass is 10.1. The fourth-order valence-electron chi connectivity index (χ4n) is 3.42. The van der Waals surface area contributed by atoms with Crippen LogP contribution in [0.3, 0.4) is 0 Å². The standard InChI is InChI=1S/C21H18FN5OS/c1-13-2-4-14(5-3-13)19-24-21-27(25-19)17-10-11-26(12-18(17)29-21)20(28)23-16-8-6-15(22)7-9-16/h2-9H,10-12H2,1H3,(H,23,28). The Balaban J connectivity index is 1.35. The van der Waals surface area contributed by atoms with Crippen molar-refractivity contribution in [2.24, 2.45) is 0 Å². The first kappa shape index (κ1) is 17.8. The summed E-state index contributed by atoms with van der Waals surface area (Å²) in [4.78, 5) is 20.9. The topological polar surface area (TPSA) is 62.5 Å². The predicted octanol–water partition coefficient (Wildman–Crippen LogP) is 4.50. The number of thiazole rings is 1. The van der Waals surface area contributed by atoms with E-state index < -0.39 is 0 Å². The Morgan fingerprint density at radius 2 is 1.90 bits per heavy atom. The molecule has 3 heterocycles. The van der Waals surface area contributed by atoms with Crippen LogP contribution in [0, 0.1) is 12.7 Å². The second-order valence-corrected chi connectivity index (χ2v) is 8.14. The van der Waals surface area contributed by atoms with E-state index in [9.17, 15) is 9.18 Å². The van der Waals surface area contributed by atoms with Gasteiger partial charge in [0, 0.05) is 29.1 Å². The van der Waals surface area contributed by atoms with Gasteiger partial charge in [-0.2, -0.15) is 4.98 Å². The molecule has 5 rings (SSSR count). The Labute approximate surface area is 170 Å². The molecule has 0 bridgehead atoms. The average Bonchev–Trinajstić information content (AvgIpc) is 3.27. The summed E-state index contributed by atoms with van der Waals surface area (Å²) in [7, 11) is 0. The SMILES string of the molecule is Cc1ccc(-c2nc3sc4c(n3n2)CCN(C(=O)Nc2ccc(F)cc2)C4)cc1. The number of fused-ring (bicyclic) bond motifs is 3. The van der Waals surface area contributed by atoms with Crippen LogP contribution in [0.2, 0.25) is 0 Å². The van der Waals surface area contributed by atoms with Gasteiger partial charge >= 0.3 is 6.03 Å². The molecule has 0 atom stereocenters. The van der Waals surface area contributed by atoms with Gasteiger partial charge in [0.25, 0.3) is 0 Å². The van der Waals surface area contributed by atoms with Crippen molar-refractivity contribution < 1.29 is 9.18 Å². The summed E-state index contributed by atoms with van der Waals surface area (Å²) in [6.45, 7) is 3.15. The molecule has 8 heteroatoms. The number of aryl methyl sites for hydroxylation is 1. The number of carbonyl (C=O) groups excluding carboxylic acids is 1. The number of rotatable bonds is 2. The summed E-state index contributed by atoms with van der Waals surface area (Å²) >= 11 is 1.57. The molecule has 4 aromatic rings. The van der Waals surface area contributed by atoms with Gasteiger partial charge in [0.2, 0.25) is 4.96 Å². The Kier molecular flexibility index (Phi) is 4.28. The minimum atomic E-state index is -0.329. The van der Waals surface area contributed by atoms with Gasteiger partial charge < -0.3 is 10.2 Å². The maximum absolute atomic E-state index is 13.0.